The minimum atomic E-state index is 0.246. The number of ether oxygens (including phenoxy) is 1. The number of nitrogens with two attached hydrogens (primary N) is 1. The van der Waals surface area contributed by atoms with E-state index in [1.165, 1.54) is 5.56 Å². The summed E-state index contributed by atoms with van der Waals surface area (Å²) in [5.74, 6) is 0.987. The number of aromatic amines is 1. The second kappa shape index (κ2) is 5.19. The van der Waals surface area contributed by atoms with Crippen molar-refractivity contribution in [3.63, 3.8) is 0 Å². The molecule has 0 saturated heterocycles. The van der Waals surface area contributed by atoms with Gasteiger partial charge in [0, 0.05) is 24.7 Å². The zero-order valence-electron chi connectivity index (χ0n) is 10.6. The van der Waals surface area contributed by atoms with Gasteiger partial charge in [-0.3, -0.25) is 0 Å². The molecule has 4 nitrogen and oxygen atoms in total. The summed E-state index contributed by atoms with van der Waals surface area (Å²) in [5, 5.41) is 0. The van der Waals surface area contributed by atoms with Gasteiger partial charge in [0.05, 0.1) is 6.04 Å². The van der Waals surface area contributed by atoms with Crippen molar-refractivity contribution < 1.29 is 4.74 Å². The van der Waals surface area contributed by atoms with E-state index < -0.39 is 0 Å². The van der Waals surface area contributed by atoms with Crippen molar-refractivity contribution in [2.75, 3.05) is 13.2 Å². The first-order valence-electron chi connectivity index (χ1n) is 6.49. The fourth-order valence-corrected chi connectivity index (χ4v) is 2.96. The monoisotopic (exact) mass is 275 g/mol. The van der Waals surface area contributed by atoms with Gasteiger partial charge in [0.1, 0.15) is 12.4 Å². The van der Waals surface area contributed by atoms with Gasteiger partial charge in [-0.05, 0) is 30.4 Å². The maximum atomic E-state index is 5.84. The van der Waals surface area contributed by atoms with Gasteiger partial charge in [-0.2, -0.15) is 0 Å². The lowest BCUT2D eigenvalue weighted by Gasteiger charge is -2.27. The van der Waals surface area contributed by atoms with Crippen LogP contribution in [0, 0.1) is 4.77 Å². The Morgan fingerprint density at radius 1 is 1.42 bits per heavy atom. The molecule has 3 rings (SSSR count). The summed E-state index contributed by atoms with van der Waals surface area (Å²) in [7, 11) is 0. The summed E-state index contributed by atoms with van der Waals surface area (Å²) in [6, 6.07) is 8.42. The highest BCUT2D eigenvalue weighted by Gasteiger charge is 2.23. The van der Waals surface area contributed by atoms with Crippen LogP contribution in [-0.2, 0) is 12.8 Å². The number of H-pyrrole nitrogens is 1. The Labute approximate surface area is 117 Å². The van der Waals surface area contributed by atoms with Crippen LogP contribution >= 0.6 is 12.2 Å². The van der Waals surface area contributed by atoms with Crippen LogP contribution in [0.25, 0.3) is 0 Å². The van der Waals surface area contributed by atoms with Gasteiger partial charge in [-0.1, -0.05) is 18.2 Å². The molecule has 1 aromatic heterocycles. The van der Waals surface area contributed by atoms with Crippen molar-refractivity contribution in [1.82, 2.24) is 9.55 Å². The third kappa shape index (κ3) is 2.31. The molecule has 2 aromatic rings. The fourth-order valence-electron chi connectivity index (χ4n) is 2.63. The van der Waals surface area contributed by atoms with Gasteiger partial charge in [0.15, 0.2) is 4.77 Å². The Morgan fingerprint density at radius 3 is 3.11 bits per heavy atom. The van der Waals surface area contributed by atoms with Gasteiger partial charge in [-0.25, -0.2) is 0 Å². The standard InChI is InChI=1S/C14H17N3OS/c15-6-5-11-8-16-14(19)17(11)12-7-10-3-1-2-4-13(10)18-9-12/h1-4,8,12H,5-7,9,15H2,(H,16,19)/t12-/m0/s1. The molecular weight excluding hydrogens is 258 g/mol. The van der Waals surface area contributed by atoms with Crippen LogP contribution in [0.15, 0.2) is 30.5 Å². The number of para-hydroxylation sites is 1. The minimum Gasteiger partial charge on any atom is -0.491 e. The quantitative estimate of drug-likeness (QED) is 0.845. The van der Waals surface area contributed by atoms with Crippen molar-refractivity contribution >= 4 is 12.2 Å². The summed E-state index contributed by atoms with van der Waals surface area (Å²) in [5.41, 5.74) is 8.04. The van der Waals surface area contributed by atoms with Crippen LogP contribution in [0.2, 0.25) is 0 Å². The van der Waals surface area contributed by atoms with Gasteiger partial charge in [0.25, 0.3) is 0 Å². The van der Waals surface area contributed by atoms with E-state index in [2.05, 4.69) is 15.6 Å². The highest BCUT2D eigenvalue weighted by Crippen LogP contribution is 2.30. The number of hydrogen-bond acceptors (Lipinski definition) is 3. The molecule has 0 saturated carbocycles. The van der Waals surface area contributed by atoms with Gasteiger partial charge < -0.3 is 20.0 Å². The molecule has 19 heavy (non-hydrogen) atoms. The molecule has 1 aromatic carbocycles. The number of rotatable bonds is 3. The molecule has 1 aliphatic heterocycles. The van der Waals surface area contributed by atoms with Gasteiger partial charge in [0.2, 0.25) is 0 Å². The van der Waals surface area contributed by atoms with Crippen molar-refractivity contribution in [2.24, 2.45) is 5.73 Å². The minimum absolute atomic E-state index is 0.246. The molecule has 0 fully saturated rings. The van der Waals surface area contributed by atoms with Crippen LogP contribution in [0.1, 0.15) is 17.3 Å². The SMILES string of the molecule is NCCc1c[nH]c(=S)n1[C@@H]1COc2ccccc2C1. The fraction of sp³-hybridized carbons (Fsp3) is 0.357. The average molecular weight is 275 g/mol. The highest BCUT2D eigenvalue weighted by atomic mass is 32.1. The van der Waals surface area contributed by atoms with Gasteiger partial charge in [-0.15, -0.1) is 0 Å². The number of aromatic nitrogens is 2. The molecule has 0 aliphatic carbocycles. The van der Waals surface area contributed by atoms with E-state index in [1.807, 2.05) is 24.4 Å². The molecule has 1 aliphatic rings. The molecule has 2 heterocycles. The number of hydrogen-bond donors (Lipinski definition) is 2. The summed E-state index contributed by atoms with van der Waals surface area (Å²) in [6.07, 6.45) is 3.72. The Balaban J connectivity index is 1.93. The number of nitrogens with zero attached hydrogens (tertiary/aromatic N) is 1. The Morgan fingerprint density at radius 2 is 2.26 bits per heavy atom. The zero-order chi connectivity index (χ0) is 13.2. The predicted molar refractivity (Wildman–Crippen MR) is 77.1 cm³/mol. The highest BCUT2D eigenvalue weighted by molar-refractivity contribution is 7.71. The maximum absolute atomic E-state index is 5.84. The van der Waals surface area contributed by atoms with E-state index in [4.69, 9.17) is 22.7 Å². The Kier molecular flexibility index (Phi) is 3.40. The van der Waals surface area contributed by atoms with Crippen LogP contribution < -0.4 is 10.5 Å². The second-order valence-electron chi connectivity index (χ2n) is 4.77. The number of nitrogens with one attached hydrogen (secondary N) is 1. The lowest BCUT2D eigenvalue weighted by molar-refractivity contribution is 0.220. The molecule has 0 unspecified atom stereocenters. The summed E-state index contributed by atoms with van der Waals surface area (Å²) in [4.78, 5) is 3.11. The smallest absolute Gasteiger partial charge is 0.177 e. The normalized spacial score (nSPS) is 17.8. The molecular formula is C14H17N3OS. The first kappa shape index (κ1) is 12.4. The summed E-state index contributed by atoms with van der Waals surface area (Å²) < 4.78 is 8.73. The summed E-state index contributed by atoms with van der Waals surface area (Å²) in [6.45, 7) is 1.28. The second-order valence-corrected chi connectivity index (χ2v) is 5.16. The lowest BCUT2D eigenvalue weighted by Crippen LogP contribution is -2.26. The molecule has 3 N–H and O–H groups in total. The number of fused-ring (bicyclic) bond motifs is 1. The lowest BCUT2D eigenvalue weighted by atomic mass is 10.0. The van der Waals surface area contributed by atoms with E-state index in [1.54, 1.807) is 0 Å². The van der Waals surface area contributed by atoms with Crippen LogP contribution in [0.5, 0.6) is 5.75 Å². The van der Waals surface area contributed by atoms with Crippen molar-refractivity contribution in [2.45, 2.75) is 18.9 Å². The van der Waals surface area contributed by atoms with Crippen molar-refractivity contribution in [3.05, 3.63) is 46.5 Å². The maximum Gasteiger partial charge on any atom is 0.177 e. The Bertz CT molecular complexity index is 632. The number of imidazole rings is 1. The molecule has 0 bridgehead atoms. The largest absolute Gasteiger partial charge is 0.491 e. The summed E-state index contributed by atoms with van der Waals surface area (Å²) >= 11 is 5.38. The Hall–Kier alpha value is -1.59. The topological polar surface area (TPSA) is 56.0 Å². The van der Waals surface area contributed by atoms with Crippen LogP contribution in [0.4, 0.5) is 0 Å². The van der Waals surface area contributed by atoms with Crippen LogP contribution in [-0.4, -0.2) is 22.7 Å². The molecule has 0 spiro atoms. The molecule has 100 valence electrons. The van der Waals surface area contributed by atoms with E-state index in [0.717, 1.165) is 29.1 Å². The molecule has 1 atom stereocenters. The average Bonchev–Trinajstić information content (AvgIpc) is 2.80. The molecule has 5 heteroatoms. The van der Waals surface area contributed by atoms with Crippen molar-refractivity contribution in [3.8, 4) is 5.75 Å². The number of benzene rings is 1. The predicted octanol–water partition coefficient (Wildman–Crippen LogP) is 2.22. The first-order valence-corrected chi connectivity index (χ1v) is 6.90. The zero-order valence-corrected chi connectivity index (χ0v) is 11.5. The van der Waals surface area contributed by atoms with E-state index >= 15 is 0 Å². The van der Waals surface area contributed by atoms with E-state index in [0.29, 0.717) is 13.2 Å². The van der Waals surface area contributed by atoms with Crippen LogP contribution in [0.3, 0.4) is 0 Å². The molecule has 0 radical (unpaired) electrons. The van der Waals surface area contributed by atoms with Gasteiger partial charge >= 0.3 is 0 Å². The van der Waals surface area contributed by atoms with Crippen molar-refractivity contribution in [1.29, 1.82) is 0 Å². The third-order valence-electron chi connectivity index (χ3n) is 3.52. The third-order valence-corrected chi connectivity index (χ3v) is 3.83. The molecule has 0 amide bonds. The first-order chi connectivity index (χ1) is 9.29. The van der Waals surface area contributed by atoms with E-state index in [-0.39, 0.29) is 6.04 Å². The van der Waals surface area contributed by atoms with E-state index in [9.17, 15) is 0 Å².